The highest BCUT2D eigenvalue weighted by atomic mass is 16.6. The summed E-state index contributed by atoms with van der Waals surface area (Å²) in [6.07, 6.45) is 2.97. The predicted molar refractivity (Wildman–Crippen MR) is 65.5 cm³/mol. The van der Waals surface area contributed by atoms with Crippen molar-refractivity contribution in [2.75, 3.05) is 5.43 Å². The van der Waals surface area contributed by atoms with Crippen LogP contribution in [0.25, 0.3) is 0 Å². The number of hydrogen-bond donors (Lipinski definition) is 2. The maximum absolute atomic E-state index is 11.0. The Morgan fingerprint density at radius 1 is 1.47 bits per heavy atom. The normalized spacial score (nSPS) is 10.0. The molecule has 2 aromatic heterocycles. The number of aryl methyl sites for hydroxylation is 1. The van der Waals surface area contributed by atoms with Gasteiger partial charge in [-0.15, -0.1) is 0 Å². The fourth-order valence-corrected chi connectivity index (χ4v) is 1.41. The van der Waals surface area contributed by atoms with E-state index in [4.69, 9.17) is 10.6 Å². The molecular weight excluding hydrogens is 252 g/mol. The Balaban J connectivity index is 2.48. The zero-order chi connectivity index (χ0) is 13.8. The minimum absolute atomic E-state index is 0.0296. The molecule has 0 aliphatic rings. The molecular formula is C10H10N6O3. The van der Waals surface area contributed by atoms with Crippen molar-refractivity contribution in [2.45, 2.75) is 6.92 Å². The largest absolute Gasteiger partial charge is 0.432 e. The third-order valence-corrected chi connectivity index (χ3v) is 2.19. The van der Waals surface area contributed by atoms with Crippen LogP contribution in [0.4, 0.5) is 11.6 Å². The van der Waals surface area contributed by atoms with Crippen LogP contribution >= 0.6 is 0 Å². The van der Waals surface area contributed by atoms with Crippen molar-refractivity contribution in [1.82, 2.24) is 15.0 Å². The van der Waals surface area contributed by atoms with Gasteiger partial charge in [-0.1, -0.05) is 0 Å². The summed E-state index contributed by atoms with van der Waals surface area (Å²) in [5.74, 6) is 5.35. The summed E-state index contributed by atoms with van der Waals surface area (Å²) in [4.78, 5) is 21.9. The second-order valence-electron chi connectivity index (χ2n) is 3.48. The summed E-state index contributed by atoms with van der Waals surface area (Å²) in [5.41, 5.74) is 2.05. The second kappa shape index (κ2) is 5.23. The van der Waals surface area contributed by atoms with Crippen LogP contribution in [0.2, 0.25) is 0 Å². The molecule has 0 radical (unpaired) electrons. The molecule has 9 heteroatoms. The number of nitrogens with two attached hydrogens (primary N) is 1. The van der Waals surface area contributed by atoms with Gasteiger partial charge in [-0.05, 0) is 19.1 Å². The summed E-state index contributed by atoms with van der Waals surface area (Å²) in [7, 11) is 0. The van der Waals surface area contributed by atoms with Gasteiger partial charge in [0, 0.05) is 6.20 Å². The molecule has 0 amide bonds. The molecule has 0 saturated carbocycles. The first-order chi connectivity index (χ1) is 9.11. The zero-order valence-electron chi connectivity index (χ0n) is 9.90. The molecule has 0 saturated heterocycles. The molecule has 0 bridgehead atoms. The van der Waals surface area contributed by atoms with Crippen LogP contribution in [0.3, 0.4) is 0 Å². The lowest BCUT2D eigenvalue weighted by Crippen LogP contribution is -2.12. The highest BCUT2D eigenvalue weighted by Crippen LogP contribution is 2.31. The average Bonchev–Trinajstić information content (AvgIpc) is 2.38. The molecule has 2 heterocycles. The topological polar surface area (TPSA) is 129 Å². The molecule has 2 rings (SSSR count). The van der Waals surface area contributed by atoms with E-state index in [1.54, 1.807) is 18.3 Å². The minimum Gasteiger partial charge on any atom is -0.432 e. The third kappa shape index (κ3) is 2.72. The van der Waals surface area contributed by atoms with Crippen LogP contribution in [0, 0.1) is 17.0 Å². The van der Waals surface area contributed by atoms with Gasteiger partial charge in [-0.2, -0.15) is 4.98 Å². The van der Waals surface area contributed by atoms with E-state index in [1.807, 2.05) is 0 Å². The van der Waals surface area contributed by atoms with Gasteiger partial charge in [-0.3, -0.25) is 20.5 Å². The fourth-order valence-electron chi connectivity index (χ4n) is 1.41. The first-order valence-corrected chi connectivity index (χ1v) is 5.19. The van der Waals surface area contributed by atoms with E-state index in [9.17, 15) is 10.1 Å². The van der Waals surface area contributed by atoms with Gasteiger partial charge in [0.1, 0.15) is 11.4 Å². The van der Waals surface area contributed by atoms with Crippen LogP contribution in [-0.2, 0) is 0 Å². The minimum atomic E-state index is -0.610. The van der Waals surface area contributed by atoms with E-state index in [0.717, 1.165) is 0 Å². The molecule has 0 aliphatic carbocycles. The number of nitrogens with one attached hydrogen (secondary N) is 1. The Bertz CT molecular complexity index is 604. The number of hydrazine groups is 1. The molecule has 0 spiro atoms. The quantitative estimate of drug-likeness (QED) is 0.477. The first kappa shape index (κ1) is 12.6. The molecule has 2 aromatic rings. The summed E-state index contributed by atoms with van der Waals surface area (Å²) in [6, 6.07) is 3.24. The zero-order valence-corrected chi connectivity index (χ0v) is 9.90. The van der Waals surface area contributed by atoms with Gasteiger partial charge >= 0.3 is 11.6 Å². The van der Waals surface area contributed by atoms with E-state index >= 15 is 0 Å². The molecule has 9 nitrogen and oxygen atoms in total. The van der Waals surface area contributed by atoms with Crippen LogP contribution in [0.15, 0.2) is 24.5 Å². The van der Waals surface area contributed by atoms with Crippen molar-refractivity contribution in [1.29, 1.82) is 0 Å². The van der Waals surface area contributed by atoms with Gasteiger partial charge in [0.25, 0.3) is 0 Å². The average molecular weight is 262 g/mol. The van der Waals surface area contributed by atoms with Gasteiger partial charge in [0.05, 0.1) is 11.1 Å². The standard InChI is InChI=1S/C10H10N6O3/c1-6-8(16(17)18)9(14-10(13-6)15-11)19-7-3-2-4-12-5-7/h2-5H,11H2,1H3,(H,13,14,15). The maximum atomic E-state index is 11.0. The van der Waals surface area contributed by atoms with E-state index < -0.39 is 4.92 Å². The fraction of sp³-hybridized carbons (Fsp3) is 0.100. The molecule has 0 aliphatic heterocycles. The Labute approximate surface area is 107 Å². The number of anilines is 1. The van der Waals surface area contributed by atoms with E-state index in [-0.39, 0.29) is 23.2 Å². The molecule has 0 aromatic carbocycles. The monoisotopic (exact) mass is 262 g/mol. The Morgan fingerprint density at radius 3 is 2.84 bits per heavy atom. The summed E-state index contributed by atoms with van der Waals surface area (Å²) < 4.78 is 5.34. The Morgan fingerprint density at radius 2 is 2.26 bits per heavy atom. The van der Waals surface area contributed by atoms with Crippen molar-refractivity contribution >= 4 is 11.6 Å². The molecule has 3 N–H and O–H groups in total. The summed E-state index contributed by atoms with van der Waals surface area (Å²) in [6.45, 7) is 1.47. The molecule has 0 atom stereocenters. The van der Waals surface area contributed by atoms with Crippen molar-refractivity contribution in [3.8, 4) is 11.6 Å². The van der Waals surface area contributed by atoms with Crippen molar-refractivity contribution in [2.24, 2.45) is 5.84 Å². The van der Waals surface area contributed by atoms with Crippen LogP contribution in [0.5, 0.6) is 11.6 Å². The number of nitrogen functional groups attached to an aromatic ring is 1. The number of pyridine rings is 1. The van der Waals surface area contributed by atoms with Crippen LogP contribution in [0.1, 0.15) is 5.69 Å². The predicted octanol–water partition coefficient (Wildman–Crippen LogP) is 1.17. The third-order valence-electron chi connectivity index (χ3n) is 2.19. The van der Waals surface area contributed by atoms with Crippen molar-refractivity contribution < 1.29 is 9.66 Å². The second-order valence-corrected chi connectivity index (χ2v) is 3.48. The number of aromatic nitrogens is 3. The number of nitrogens with zero attached hydrogens (tertiary/aromatic N) is 4. The highest BCUT2D eigenvalue weighted by Gasteiger charge is 2.24. The molecule has 0 fully saturated rings. The number of ether oxygens (including phenoxy) is 1. The highest BCUT2D eigenvalue weighted by molar-refractivity contribution is 5.49. The van der Waals surface area contributed by atoms with Crippen molar-refractivity contribution in [3.05, 3.63) is 40.3 Å². The summed E-state index contributed by atoms with van der Waals surface area (Å²) in [5, 5.41) is 11.0. The lowest BCUT2D eigenvalue weighted by atomic mass is 10.3. The van der Waals surface area contributed by atoms with Gasteiger partial charge < -0.3 is 4.74 Å². The number of hydrogen-bond acceptors (Lipinski definition) is 8. The smallest absolute Gasteiger partial charge is 0.352 e. The van der Waals surface area contributed by atoms with Gasteiger partial charge in [-0.25, -0.2) is 10.8 Å². The van der Waals surface area contributed by atoms with E-state index in [1.165, 1.54) is 13.1 Å². The summed E-state index contributed by atoms with van der Waals surface area (Å²) >= 11 is 0. The SMILES string of the molecule is Cc1nc(NN)nc(Oc2cccnc2)c1[N+](=O)[O-]. The Hall–Kier alpha value is -2.81. The maximum Gasteiger partial charge on any atom is 0.352 e. The van der Waals surface area contributed by atoms with Gasteiger partial charge in [0.15, 0.2) is 0 Å². The van der Waals surface area contributed by atoms with Crippen LogP contribution < -0.4 is 16.0 Å². The molecule has 98 valence electrons. The van der Waals surface area contributed by atoms with Crippen molar-refractivity contribution in [3.63, 3.8) is 0 Å². The van der Waals surface area contributed by atoms with E-state index in [2.05, 4.69) is 20.4 Å². The number of nitro groups is 1. The number of rotatable bonds is 4. The molecule has 19 heavy (non-hydrogen) atoms. The van der Waals surface area contributed by atoms with Crippen LogP contribution in [-0.4, -0.2) is 19.9 Å². The van der Waals surface area contributed by atoms with Gasteiger partial charge in [0.2, 0.25) is 5.95 Å². The first-order valence-electron chi connectivity index (χ1n) is 5.19. The lowest BCUT2D eigenvalue weighted by Gasteiger charge is -2.07. The molecule has 0 unspecified atom stereocenters. The lowest BCUT2D eigenvalue weighted by molar-refractivity contribution is -0.386. The Kier molecular flexibility index (Phi) is 3.48. The van der Waals surface area contributed by atoms with E-state index in [0.29, 0.717) is 5.75 Å².